The lowest BCUT2D eigenvalue weighted by Gasteiger charge is -2.35. The van der Waals surface area contributed by atoms with Gasteiger partial charge in [-0.3, -0.25) is 19.6 Å². The molecule has 8 nitrogen and oxygen atoms in total. The minimum atomic E-state index is -0.624. The van der Waals surface area contributed by atoms with Crippen molar-refractivity contribution in [3.63, 3.8) is 0 Å². The highest BCUT2D eigenvalue weighted by Crippen LogP contribution is 2.32. The van der Waals surface area contributed by atoms with Gasteiger partial charge < -0.3 is 4.42 Å². The summed E-state index contributed by atoms with van der Waals surface area (Å²) in [6, 6.07) is 3.16. The molecule has 3 rings (SSSR count). The molecule has 1 fully saturated rings. The van der Waals surface area contributed by atoms with Crippen LogP contribution in [0.25, 0.3) is 0 Å². The highest BCUT2D eigenvalue weighted by atomic mass is 16.5. The van der Waals surface area contributed by atoms with Crippen LogP contribution in [0.4, 0.5) is 0 Å². The number of hydrazine groups is 1. The number of amides is 3. The third-order valence-corrected chi connectivity index (χ3v) is 5.23. The summed E-state index contributed by atoms with van der Waals surface area (Å²) >= 11 is 0. The largest absolute Gasteiger partial charge is 0.459 e. The Morgan fingerprint density at radius 3 is 2.74 bits per heavy atom. The first-order valence-electron chi connectivity index (χ1n) is 9.38. The lowest BCUT2D eigenvalue weighted by atomic mass is 9.90. The van der Waals surface area contributed by atoms with Gasteiger partial charge in [0.2, 0.25) is 11.8 Å². The van der Waals surface area contributed by atoms with Gasteiger partial charge in [-0.05, 0) is 30.9 Å². The molecule has 1 saturated carbocycles. The second kappa shape index (κ2) is 8.85. The van der Waals surface area contributed by atoms with Crippen LogP contribution in [0.5, 0.6) is 0 Å². The number of carbonyl (C=O) groups is 3. The van der Waals surface area contributed by atoms with Crippen molar-refractivity contribution in [1.29, 1.82) is 0 Å². The Hall–Kier alpha value is -2.61. The number of hydroxylamine groups is 1. The number of nitrogens with one attached hydrogen (secondary N) is 1. The van der Waals surface area contributed by atoms with Gasteiger partial charge in [0.15, 0.2) is 5.76 Å². The Morgan fingerprint density at radius 1 is 1.30 bits per heavy atom. The van der Waals surface area contributed by atoms with Crippen molar-refractivity contribution in [3.05, 3.63) is 36.4 Å². The topological polar surface area (TPSA) is 103 Å². The molecule has 8 heteroatoms. The minimum absolute atomic E-state index is 0.0742. The summed E-state index contributed by atoms with van der Waals surface area (Å²) in [6.45, 7) is 0.348. The van der Waals surface area contributed by atoms with Crippen molar-refractivity contribution >= 4 is 17.7 Å². The van der Waals surface area contributed by atoms with Gasteiger partial charge in [0.25, 0.3) is 0 Å². The van der Waals surface area contributed by atoms with Crippen LogP contribution in [0.3, 0.4) is 0 Å². The van der Waals surface area contributed by atoms with Gasteiger partial charge in [-0.1, -0.05) is 31.8 Å². The van der Waals surface area contributed by atoms with Crippen LogP contribution in [0.15, 0.2) is 35.1 Å². The van der Waals surface area contributed by atoms with Gasteiger partial charge >= 0.3 is 5.91 Å². The van der Waals surface area contributed by atoms with E-state index >= 15 is 0 Å². The van der Waals surface area contributed by atoms with Gasteiger partial charge in [-0.2, -0.15) is 0 Å². The van der Waals surface area contributed by atoms with Gasteiger partial charge in [0.1, 0.15) is 0 Å². The summed E-state index contributed by atoms with van der Waals surface area (Å²) in [4.78, 5) is 37.6. The maximum atomic E-state index is 12.9. The Kier molecular flexibility index (Phi) is 6.28. The number of hydrogen-bond donors (Lipinski definition) is 2. The fourth-order valence-corrected chi connectivity index (χ4v) is 3.83. The van der Waals surface area contributed by atoms with E-state index in [9.17, 15) is 14.4 Å². The van der Waals surface area contributed by atoms with Crippen LogP contribution in [-0.2, 0) is 9.59 Å². The van der Waals surface area contributed by atoms with E-state index in [1.807, 2.05) is 6.08 Å². The third-order valence-electron chi connectivity index (χ3n) is 5.23. The van der Waals surface area contributed by atoms with E-state index in [0.717, 1.165) is 25.7 Å². The highest BCUT2D eigenvalue weighted by molar-refractivity contribution is 5.94. The molecule has 0 spiro atoms. The van der Waals surface area contributed by atoms with Crippen LogP contribution in [0.1, 0.15) is 55.5 Å². The lowest BCUT2D eigenvalue weighted by molar-refractivity contribution is -0.145. The summed E-state index contributed by atoms with van der Waals surface area (Å²) in [6.07, 6.45) is 10.2. The van der Waals surface area contributed by atoms with Crippen molar-refractivity contribution in [2.24, 2.45) is 11.8 Å². The Labute approximate surface area is 157 Å². The zero-order valence-electron chi connectivity index (χ0n) is 15.2. The van der Waals surface area contributed by atoms with Crippen molar-refractivity contribution in [2.45, 2.75) is 44.9 Å². The number of hydrogen-bond acceptors (Lipinski definition) is 5. The molecule has 1 atom stereocenters. The summed E-state index contributed by atoms with van der Waals surface area (Å²) in [5, 5.41) is 11.6. The maximum Gasteiger partial charge on any atom is 0.308 e. The first kappa shape index (κ1) is 19.2. The van der Waals surface area contributed by atoms with Crippen LogP contribution in [0.2, 0.25) is 0 Å². The highest BCUT2D eigenvalue weighted by Gasteiger charge is 2.33. The predicted molar refractivity (Wildman–Crippen MR) is 95.0 cm³/mol. The molecule has 1 aromatic rings. The normalized spacial score (nSPS) is 18.6. The number of rotatable bonds is 6. The van der Waals surface area contributed by atoms with E-state index in [2.05, 4.69) is 0 Å². The fraction of sp³-hybridized carbons (Fsp3) is 0.526. The second-order valence-corrected chi connectivity index (χ2v) is 7.08. The molecule has 1 aromatic heterocycles. The molecule has 2 heterocycles. The predicted octanol–water partition coefficient (Wildman–Crippen LogP) is 2.47. The SMILES string of the molecule is O=C(NO)C(CC(=O)N1C=CCCN1C(=O)c1ccco1)CC1CCCC1. The number of furan rings is 1. The number of nitrogens with zero attached hydrogens (tertiary/aromatic N) is 2. The molecule has 146 valence electrons. The van der Waals surface area contributed by atoms with E-state index in [0.29, 0.717) is 25.3 Å². The van der Waals surface area contributed by atoms with Crippen LogP contribution >= 0.6 is 0 Å². The Morgan fingerprint density at radius 2 is 2.07 bits per heavy atom. The summed E-state index contributed by atoms with van der Waals surface area (Å²) < 4.78 is 5.15. The quantitative estimate of drug-likeness (QED) is 0.587. The van der Waals surface area contributed by atoms with Crippen LogP contribution in [0, 0.1) is 11.8 Å². The average Bonchev–Trinajstić information content (AvgIpc) is 3.40. The number of carbonyl (C=O) groups excluding carboxylic acids is 3. The second-order valence-electron chi connectivity index (χ2n) is 7.08. The molecule has 0 saturated heterocycles. The zero-order valence-corrected chi connectivity index (χ0v) is 15.2. The van der Waals surface area contributed by atoms with Crippen molar-refractivity contribution in [2.75, 3.05) is 6.54 Å². The molecule has 0 aromatic carbocycles. The van der Waals surface area contributed by atoms with Crippen LogP contribution in [-0.4, -0.2) is 39.5 Å². The molecule has 1 aliphatic heterocycles. The molecule has 2 N–H and O–H groups in total. The molecular weight excluding hydrogens is 350 g/mol. The molecule has 0 radical (unpaired) electrons. The molecule has 1 unspecified atom stereocenters. The van der Waals surface area contributed by atoms with E-state index in [4.69, 9.17) is 9.62 Å². The molecule has 0 bridgehead atoms. The van der Waals surface area contributed by atoms with Crippen molar-refractivity contribution < 1.29 is 24.0 Å². The average molecular weight is 375 g/mol. The van der Waals surface area contributed by atoms with E-state index in [1.165, 1.54) is 16.3 Å². The Bertz CT molecular complexity index is 694. The zero-order chi connectivity index (χ0) is 19.2. The molecule has 2 aliphatic rings. The lowest BCUT2D eigenvalue weighted by Crippen LogP contribution is -2.49. The summed E-state index contributed by atoms with van der Waals surface area (Å²) in [7, 11) is 0. The van der Waals surface area contributed by atoms with E-state index in [-0.39, 0.29) is 18.1 Å². The smallest absolute Gasteiger partial charge is 0.308 e. The van der Waals surface area contributed by atoms with Gasteiger partial charge in [0, 0.05) is 25.1 Å². The van der Waals surface area contributed by atoms with Gasteiger partial charge in [-0.15, -0.1) is 0 Å². The molecule has 27 heavy (non-hydrogen) atoms. The Balaban J connectivity index is 1.70. The molecular formula is C19H25N3O5. The van der Waals surface area contributed by atoms with Gasteiger partial charge in [0.05, 0.1) is 6.26 Å². The monoisotopic (exact) mass is 375 g/mol. The van der Waals surface area contributed by atoms with Gasteiger partial charge in [-0.25, -0.2) is 15.5 Å². The summed E-state index contributed by atoms with van der Waals surface area (Å²) in [5.74, 6) is -1.41. The summed E-state index contributed by atoms with van der Waals surface area (Å²) in [5.41, 5.74) is 1.68. The molecule has 1 aliphatic carbocycles. The first-order valence-corrected chi connectivity index (χ1v) is 9.38. The maximum absolute atomic E-state index is 12.9. The van der Waals surface area contributed by atoms with Crippen molar-refractivity contribution in [1.82, 2.24) is 15.5 Å². The first-order chi connectivity index (χ1) is 13.1. The van der Waals surface area contributed by atoms with Crippen molar-refractivity contribution in [3.8, 4) is 0 Å². The minimum Gasteiger partial charge on any atom is -0.459 e. The third kappa shape index (κ3) is 4.57. The van der Waals surface area contributed by atoms with E-state index in [1.54, 1.807) is 23.8 Å². The fourth-order valence-electron chi connectivity index (χ4n) is 3.83. The van der Waals surface area contributed by atoms with E-state index < -0.39 is 17.7 Å². The molecule has 3 amide bonds. The standard InChI is InChI=1S/C19H25N3O5/c23-17(13-15(18(24)20-26)12-14-6-1-2-7-14)21-9-3-4-10-22(21)19(25)16-8-5-11-27-16/h3,5,8-9,11,14-15,26H,1-2,4,6-7,10,12-13H2,(H,20,24). The van der Waals surface area contributed by atoms with Crippen LogP contribution < -0.4 is 5.48 Å².